The molecule has 0 aromatic heterocycles. The van der Waals surface area contributed by atoms with Crippen LogP contribution in [0.2, 0.25) is 0 Å². The fourth-order valence-electron chi connectivity index (χ4n) is 2.90. The van der Waals surface area contributed by atoms with Gasteiger partial charge in [0.1, 0.15) is 0 Å². The van der Waals surface area contributed by atoms with Gasteiger partial charge in [0.25, 0.3) is 0 Å². The Morgan fingerprint density at radius 3 is 2.56 bits per heavy atom. The molecule has 104 valence electrons. The van der Waals surface area contributed by atoms with E-state index in [1.807, 2.05) is 13.8 Å². The highest BCUT2D eigenvalue weighted by atomic mass is 16.5. The van der Waals surface area contributed by atoms with Crippen molar-refractivity contribution in [3.05, 3.63) is 0 Å². The molecule has 0 aromatic carbocycles. The first-order valence-electron chi connectivity index (χ1n) is 7.37. The van der Waals surface area contributed by atoms with E-state index in [0.717, 1.165) is 32.3 Å². The molecule has 2 aliphatic carbocycles. The second-order valence-corrected chi connectivity index (χ2v) is 5.62. The number of rotatable bonds is 6. The molecule has 0 heterocycles. The van der Waals surface area contributed by atoms with Crippen molar-refractivity contribution in [1.82, 2.24) is 10.6 Å². The summed E-state index contributed by atoms with van der Waals surface area (Å²) < 4.78 is 5.52. The lowest BCUT2D eigenvalue weighted by Gasteiger charge is -2.37. The van der Waals surface area contributed by atoms with Crippen LogP contribution in [0.15, 0.2) is 0 Å². The van der Waals surface area contributed by atoms with Crippen molar-refractivity contribution in [2.24, 2.45) is 0 Å². The normalized spacial score (nSPS) is 29.9. The van der Waals surface area contributed by atoms with Crippen molar-refractivity contribution >= 4 is 5.91 Å². The SMILES string of the molecule is CCOC1CC(NC(C)C(=O)NC2CCCC2)C1. The van der Waals surface area contributed by atoms with Gasteiger partial charge in [-0.3, -0.25) is 4.79 Å². The summed E-state index contributed by atoms with van der Waals surface area (Å²) in [6.45, 7) is 4.77. The van der Waals surface area contributed by atoms with Gasteiger partial charge in [-0.05, 0) is 39.5 Å². The van der Waals surface area contributed by atoms with Crippen molar-refractivity contribution in [3.8, 4) is 0 Å². The van der Waals surface area contributed by atoms with Crippen LogP contribution in [0, 0.1) is 0 Å². The molecule has 0 spiro atoms. The third kappa shape index (κ3) is 3.69. The summed E-state index contributed by atoms with van der Waals surface area (Å²) in [7, 11) is 0. The Morgan fingerprint density at radius 1 is 1.28 bits per heavy atom. The monoisotopic (exact) mass is 254 g/mol. The number of hydrogen-bond acceptors (Lipinski definition) is 3. The molecular weight excluding hydrogens is 228 g/mol. The van der Waals surface area contributed by atoms with Gasteiger partial charge in [0.05, 0.1) is 12.1 Å². The number of hydrogen-bond donors (Lipinski definition) is 2. The zero-order chi connectivity index (χ0) is 13.0. The van der Waals surface area contributed by atoms with E-state index >= 15 is 0 Å². The minimum atomic E-state index is -0.0850. The Balaban J connectivity index is 1.62. The Bertz CT molecular complexity index is 271. The molecule has 0 bridgehead atoms. The Morgan fingerprint density at radius 2 is 1.94 bits per heavy atom. The quantitative estimate of drug-likeness (QED) is 0.757. The summed E-state index contributed by atoms with van der Waals surface area (Å²) >= 11 is 0. The summed E-state index contributed by atoms with van der Waals surface area (Å²) in [6.07, 6.45) is 7.28. The molecule has 1 unspecified atom stereocenters. The molecule has 4 heteroatoms. The van der Waals surface area contributed by atoms with E-state index in [2.05, 4.69) is 10.6 Å². The maximum absolute atomic E-state index is 12.0. The van der Waals surface area contributed by atoms with Gasteiger partial charge in [-0.25, -0.2) is 0 Å². The third-order valence-corrected chi connectivity index (χ3v) is 4.08. The van der Waals surface area contributed by atoms with Crippen molar-refractivity contribution in [1.29, 1.82) is 0 Å². The first-order chi connectivity index (χ1) is 8.69. The summed E-state index contributed by atoms with van der Waals surface area (Å²) in [6, 6.07) is 0.781. The zero-order valence-electron chi connectivity index (χ0n) is 11.6. The molecule has 0 saturated heterocycles. The van der Waals surface area contributed by atoms with Crippen LogP contribution in [0.5, 0.6) is 0 Å². The third-order valence-electron chi connectivity index (χ3n) is 4.08. The summed E-state index contributed by atoms with van der Waals surface area (Å²) in [5, 5.41) is 6.52. The van der Waals surface area contributed by atoms with E-state index < -0.39 is 0 Å². The molecule has 0 aromatic rings. The standard InChI is InChI=1S/C14H26N2O2/c1-3-18-13-8-12(9-13)15-10(2)14(17)16-11-6-4-5-7-11/h10-13,15H,3-9H2,1-2H3,(H,16,17). The van der Waals surface area contributed by atoms with Crippen LogP contribution in [0.3, 0.4) is 0 Å². The van der Waals surface area contributed by atoms with E-state index in [1.165, 1.54) is 12.8 Å². The molecule has 4 nitrogen and oxygen atoms in total. The van der Waals surface area contributed by atoms with Gasteiger partial charge >= 0.3 is 0 Å². The van der Waals surface area contributed by atoms with Crippen molar-refractivity contribution in [2.45, 2.75) is 76.6 Å². The molecule has 18 heavy (non-hydrogen) atoms. The first-order valence-corrected chi connectivity index (χ1v) is 7.37. The van der Waals surface area contributed by atoms with Crippen molar-refractivity contribution in [3.63, 3.8) is 0 Å². The average Bonchev–Trinajstić information content (AvgIpc) is 2.78. The Kier molecular flexibility index (Phi) is 5.01. The average molecular weight is 254 g/mol. The van der Waals surface area contributed by atoms with Gasteiger partial charge in [0.2, 0.25) is 5.91 Å². The minimum Gasteiger partial charge on any atom is -0.378 e. The second-order valence-electron chi connectivity index (χ2n) is 5.62. The predicted molar refractivity (Wildman–Crippen MR) is 71.4 cm³/mol. The Labute approximate surface area is 110 Å². The lowest BCUT2D eigenvalue weighted by atomic mass is 9.88. The van der Waals surface area contributed by atoms with Crippen LogP contribution < -0.4 is 10.6 Å². The lowest BCUT2D eigenvalue weighted by Crippen LogP contribution is -2.54. The lowest BCUT2D eigenvalue weighted by molar-refractivity contribution is -0.124. The number of amides is 1. The molecule has 2 fully saturated rings. The smallest absolute Gasteiger partial charge is 0.237 e. The molecule has 2 N–H and O–H groups in total. The molecule has 2 rings (SSSR count). The highest BCUT2D eigenvalue weighted by Gasteiger charge is 2.31. The first kappa shape index (κ1) is 13.8. The van der Waals surface area contributed by atoms with Gasteiger partial charge in [0, 0.05) is 18.7 Å². The predicted octanol–water partition coefficient (Wildman–Crippen LogP) is 1.59. The van der Waals surface area contributed by atoms with E-state index in [9.17, 15) is 4.79 Å². The van der Waals surface area contributed by atoms with Crippen LogP contribution in [0.4, 0.5) is 0 Å². The summed E-state index contributed by atoms with van der Waals surface area (Å²) in [5.74, 6) is 0.154. The van der Waals surface area contributed by atoms with E-state index in [0.29, 0.717) is 18.2 Å². The van der Waals surface area contributed by atoms with Gasteiger partial charge < -0.3 is 15.4 Å². The highest BCUT2D eigenvalue weighted by Crippen LogP contribution is 2.23. The highest BCUT2D eigenvalue weighted by molar-refractivity contribution is 5.81. The molecule has 0 aliphatic heterocycles. The number of ether oxygens (including phenoxy) is 1. The summed E-state index contributed by atoms with van der Waals surface area (Å²) in [5.41, 5.74) is 0. The summed E-state index contributed by atoms with van der Waals surface area (Å²) in [4.78, 5) is 12.0. The van der Waals surface area contributed by atoms with Crippen LogP contribution in [0.1, 0.15) is 52.4 Å². The van der Waals surface area contributed by atoms with Crippen LogP contribution in [-0.4, -0.2) is 36.7 Å². The van der Waals surface area contributed by atoms with E-state index in [4.69, 9.17) is 4.74 Å². The number of carbonyl (C=O) groups is 1. The van der Waals surface area contributed by atoms with Gasteiger partial charge in [-0.1, -0.05) is 12.8 Å². The fraction of sp³-hybridized carbons (Fsp3) is 0.929. The van der Waals surface area contributed by atoms with Crippen LogP contribution >= 0.6 is 0 Å². The number of carbonyl (C=O) groups excluding carboxylic acids is 1. The van der Waals surface area contributed by atoms with Crippen LogP contribution in [0.25, 0.3) is 0 Å². The van der Waals surface area contributed by atoms with Crippen molar-refractivity contribution in [2.75, 3.05) is 6.61 Å². The molecule has 2 aliphatic rings. The van der Waals surface area contributed by atoms with Gasteiger partial charge in [-0.2, -0.15) is 0 Å². The minimum absolute atomic E-state index is 0.0850. The Hall–Kier alpha value is -0.610. The molecule has 2 saturated carbocycles. The largest absolute Gasteiger partial charge is 0.378 e. The molecule has 1 amide bonds. The van der Waals surface area contributed by atoms with Crippen LogP contribution in [-0.2, 0) is 9.53 Å². The maximum atomic E-state index is 12.0. The van der Waals surface area contributed by atoms with Crippen molar-refractivity contribution < 1.29 is 9.53 Å². The fourth-order valence-corrected chi connectivity index (χ4v) is 2.90. The molecule has 0 radical (unpaired) electrons. The van der Waals surface area contributed by atoms with E-state index in [-0.39, 0.29) is 11.9 Å². The molecular formula is C14H26N2O2. The maximum Gasteiger partial charge on any atom is 0.237 e. The zero-order valence-corrected chi connectivity index (χ0v) is 11.6. The molecule has 1 atom stereocenters. The second kappa shape index (κ2) is 6.53. The van der Waals surface area contributed by atoms with Gasteiger partial charge in [0.15, 0.2) is 0 Å². The topological polar surface area (TPSA) is 50.4 Å². The van der Waals surface area contributed by atoms with E-state index in [1.54, 1.807) is 0 Å². The van der Waals surface area contributed by atoms with Gasteiger partial charge in [-0.15, -0.1) is 0 Å². The number of nitrogens with one attached hydrogen (secondary N) is 2.